The van der Waals surface area contributed by atoms with E-state index in [1.807, 2.05) is 12.1 Å². The maximum Gasteiger partial charge on any atom is 0.236 e. The van der Waals surface area contributed by atoms with Crippen LogP contribution in [0.4, 0.5) is 0 Å². The summed E-state index contributed by atoms with van der Waals surface area (Å²) in [6.07, 6.45) is 0.273. The Bertz CT molecular complexity index is 546. The van der Waals surface area contributed by atoms with Crippen molar-refractivity contribution >= 4 is 27.7 Å². The van der Waals surface area contributed by atoms with Crippen LogP contribution in [0.3, 0.4) is 0 Å². The van der Waals surface area contributed by atoms with Crippen molar-refractivity contribution < 1.29 is 9.59 Å². The monoisotopic (exact) mass is 323 g/mol. The molecule has 1 heterocycles. The first-order valence-corrected chi connectivity index (χ1v) is 7.11. The number of imide groups is 1. The van der Waals surface area contributed by atoms with Crippen molar-refractivity contribution in [2.24, 2.45) is 0 Å². The summed E-state index contributed by atoms with van der Waals surface area (Å²) in [7, 11) is 1.55. The molecule has 0 bridgehead atoms. The lowest BCUT2D eigenvalue weighted by atomic mass is 9.84. The van der Waals surface area contributed by atoms with Crippen LogP contribution in [0.2, 0.25) is 0 Å². The quantitative estimate of drug-likeness (QED) is 0.744. The Morgan fingerprint density at radius 3 is 2.32 bits per heavy atom. The van der Waals surface area contributed by atoms with E-state index in [1.54, 1.807) is 7.05 Å². The van der Waals surface area contributed by atoms with E-state index in [2.05, 4.69) is 42.8 Å². The van der Waals surface area contributed by atoms with Gasteiger partial charge in [0.1, 0.15) is 0 Å². The van der Waals surface area contributed by atoms with E-state index in [9.17, 15) is 9.59 Å². The fourth-order valence-electron chi connectivity index (χ4n) is 2.26. The summed E-state index contributed by atoms with van der Waals surface area (Å²) in [4.78, 5) is 24.9. The molecule has 2 rings (SSSR count). The molecule has 1 aliphatic heterocycles. The van der Waals surface area contributed by atoms with E-state index in [0.717, 1.165) is 15.6 Å². The highest BCUT2D eigenvalue weighted by molar-refractivity contribution is 9.10. The molecule has 2 amide bonds. The second-order valence-corrected chi connectivity index (χ2v) is 6.99. The van der Waals surface area contributed by atoms with Gasteiger partial charge in [0, 0.05) is 17.9 Å². The Balaban J connectivity index is 2.44. The smallest absolute Gasteiger partial charge is 0.236 e. The highest BCUT2D eigenvalue weighted by Crippen LogP contribution is 2.34. The minimum atomic E-state index is -0.337. The third-order valence-corrected chi connectivity index (χ3v) is 4.03. The van der Waals surface area contributed by atoms with Crippen molar-refractivity contribution in [3.05, 3.63) is 33.8 Å². The van der Waals surface area contributed by atoms with Crippen molar-refractivity contribution in [3.63, 3.8) is 0 Å². The zero-order valence-electron chi connectivity index (χ0n) is 11.7. The summed E-state index contributed by atoms with van der Waals surface area (Å²) < 4.78 is 0.949. The topological polar surface area (TPSA) is 37.4 Å². The number of hydrogen-bond donors (Lipinski definition) is 0. The second-order valence-electron chi connectivity index (χ2n) is 6.07. The summed E-state index contributed by atoms with van der Waals surface area (Å²) in [5.41, 5.74) is 2.09. The largest absolute Gasteiger partial charge is 0.285 e. The number of likely N-dealkylation sites (tertiary alicyclic amines) is 1. The van der Waals surface area contributed by atoms with Crippen molar-refractivity contribution in [1.82, 2.24) is 4.90 Å². The SMILES string of the molecule is CN1C(=O)CC(c2cc(Br)cc(C(C)(C)C)c2)C1=O. The zero-order chi connectivity index (χ0) is 14.4. The lowest BCUT2D eigenvalue weighted by molar-refractivity contribution is -0.137. The van der Waals surface area contributed by atoms with Gasteiger partial charge in [0.15, 0.2) is 0 Å². The third-order valence-electron chi connectivity index (χ3n) is 3.57. The molecule has 0 radical (unpaired) electrons. The van der Waals surface area contributed by atoms with E-state index >= 15 is 0 Å². The standard InChI is InChI=1S/C15H18BrNO2/c1-15(2,3)10-5-9(6-11(16)7-10)12-8-13(18)17(4)14(12)19/h5-7,12H,8H2,1-4H3. The van der Waals surface area contributed by atoms with Gasteiger partial charge in [0.2, 0.25) is 11.8 Å². The summed E-state index contributed by atoms with van der Waals surface area (Å²) in [6.45, 7) is 6.39. The van der Waals surface area contributed by atoms with Gasteiger partial charge in [0.25, 0.3) is 0 Å². The number of nitrogens with zero attached hydrogens (tertiary/aromatic N) is 1. The first-order valence-electron chi connectivity index (χ1n) is 6.31. The summed E-state index contributed by atoms with van der Waals surface area (Å²) in [5.74, 6) is -0.550. The number of amides is 2. The molecule has 1 aromatic rings. The normalized spacial score (nSPS) is 20.3. The fraction of sp³-hybridized carbons (Fsp3) is 0.467. The van der Waals surface area contributed by atoms with Gasteiger partial charge in [-0.05, 0) is 28.7 Å². The van der Waals surface area contributed by atoms with Crippen molar-refractivity contribution in [2.45, 2.75) is 38.5 Å². The summed E-state index contributed by atoms with van der Waals surface area (Å²) in [5, 5.41) is 0. The van der Waals surface area contributed by atoms with E-state index in [-0.39, 0.29) is 29.6 Å². The minimum Gasteiger partial charge on any atom is -0.285 e. The van der Waals surface area contributed by atoms with Crippen LogP contribution in [0.25, 0.3) is 0 Å². The predicted octanol–water partition coefficient (Wildman–Crippen LogP) is 3.22. The predicted molar refractivity (Wildman–Crippen MR) is 78.0 cm³/mol. The molecule has 1 unspecified atom stereocenters. The molecule has 0 spiro atoms. The van der Waals surface area contributed by atoms with Crippen LogP contribution in [-0.2, 0) is 15.0 Å². The molecule has 3 nitrogen and oxygen atoms in total. The molecular weight excluding hydrogens is 306 g/mol. The number of carbonyl (C=O) groups is 2. The number of halogens is 1. The average Bonchev–Trinajstić information content (AvgIpc) is 2.55. The molecule has 1 aliphatic rings. The van der Waals surface area contributed by atoms with E-state index in [0.29, 0.717) is 0 Å². The molecular formula is C15H18BrNO2. The maximum absolute atomic E-state index is 12.1. The Hall–Kier alpha value is -1.16. The van der Waals surface area contributed by atoms with E-state index in [1.165, 1.54) is 4.90 Å². The Labute approximate surface area is 122 Å². The molecule has 1 fully saturated rings. The van der Waals surface area contributed by atoms with Crippen molar-refractivity contribution in [3.8, 4) is 0 Å². The maximum atomic E-state index is 12.1. The fourth-order valence-corrected chi connectivity index (χ4v) is 2.77. The number of benzene rings is 1. The van der Waals surface area contributed by atoms with Crippen LogP contribution < -0.4 is 0 Å². The van der Waals surface area contributed by atoms with E-state index < -0.39 is 0 Å². The van der Waals surface area contributed by atoms with Crippen LogP contribution in [-0.4, -0.2) is 23.8 Å². The van der Waals surface area contributed by atoms with E-state index in [4.69, 9.17) is 0 Å². The van der Waals surface area contributed by atoms with Crippen molar-refractivity contribution in [2.75, 3.05) is 7.05 Å². The van der Waals surface area contributed by atoms with Gasteiger partial charge in [-0.1, -0.05) is 42.8 Å². The molecule has 0 N–H and O–H groups in total. The second kappa shape index (κ2) is 4.75. The summed E-state index contributed by atoms with van der Waals surface area (Å²) in [6, 6.07) is 6.04. The van der Waals surface area contributed by atoms with Gasteiger partial charge in [-0.3, -0.25) is 14.5 Å². The van der Waals surface area contributed by atoms with Gasteiger partial charge < -0.3 is 0 Å². The zero-order valence-corrected chi connectivity index (χ0v) is 13.2. The molecule has 0 aliphatic carbocycles. The van der Waals surface area contributed by atoms with Crippen LogP contribution in [0.5, 0.6) is 0 Å². The van der Waals surface area contributed by atoms with Gasteiger partial charge in [0.05, 0.1) is 5.92 Å². The molecule has 0 aromatic heterocycles. The van der Waals surface area contributed by atoms with Gasteiger partial charge in [-0.25, -0.2) is 0 Å². The Kier molecular flexibility index (Phi) is 3.56. The number of rotatable bonds is 1. The van der Waals surface area contributed by atoms with Gasteiger partial charge in [-0.2, -0.15) is 0 Å². The molecule has 1 saturated heterocycles. The van der Waals surface area contributed by atoms with Crippen LogP contribution in [0.15, 0.2) is 22.7 Å². The molecule has 0 saturated carbocycles. The number of carbonyl (C=O) groups excluding carboxylic acids is 2. The molecule has 1 atom stereocenters. The Morgan fingerprint density at radius 1 is 1.21 bits per heavy atom. The summed E-state index contributed by atoms with van der Waals surface area (Å²) >= 11 is 3.49. The Morgan fingerprint density at radius 2 is 1.84 bits per heavy atom. The first kappa shape index (κ1) is 14.3. The third kappa shape index (κ3) is 2.73. The molecule has 102 valence electrons. The minimum absolute atomic E-state index is 0.0100. The molecule has 19 heavy (non-hydrogen) atoms. The molecule has 1 aromatic carbocycles. The lowest BCUT2D eigenvalue weighted by Gasteiger charge is -2.21. The average molecular weight is 324 g/mol. The van der Waals surface area contributed by atoms with Crippen LogP contribution >= 0.6 is 15.9 Å². The number of hydrogen-bond acceptors (Lipinski definition) is 2. The number of likely N-dealkylation sites (N-methyl/N-ethyl adjacent to an activating group) is 1. The lowest BCUT2D eigenvalue weighted by Crippen LogP contribution is -2.25. The first-order chi connectivity index (χ1) is 8.70. The molecule has 4 heteroatoms. The van der Waals surface area contributed by atoms with Crippen molar-refractivity contribution in [1.29, 1.82) is 0 Å². The highest BCUT2D eigenvalue weighted by Gasteiger charge is 2.37. The van der Waals surface area contributed by atoms with Crippen LogP contribution in [0, 0.1) is 0 Å². The van der Waals surface area contributed by atoms with Gasteiger partial charge >= 0.3 is 0 Å². The van der Waals surface area contributed by atoms with Gasteiger partial charge in [-0.15, -0.1) is 0 Å². The van der Waals surface area contributed by atoms with Crippen LogP contribution in [0.1, 0.15) is 44.2 Å². The highest BCUT2D eigenvalue weighted by atomic mass is 79.9.